The van der Waals surface area contributed by atoms with E-state index >= 15 is 0 Å². The number of halogens is 1. The Labute approximate surface area is 125 Å². The average molecular weight is 307 g/mol. The van der Waals surface area contributed by atoms with Gasteiger partial charge in [-0.3, -0.25) is 14.6 Å². The molecule has 0 bridgehead atoms. The fraction of sp³-hybridized carbons (Fsp3) is 0.0714. The van der Waals surface area contributed by atoms with Crippen molar-refractivity contribution in [1.29, 1.82) is 0 Å². The van der Waals surface area contributed by atoms with Gasteiger partial charge in [0.1, 0.15) is 5.75 Å². The van der Waals surface area contributed by atoms with Gasteiger partial charge in [0.25, 0.3) is 5.91 Å². The number of aromatic nitrogens is 1. The Balaban J connectivity index is 2.08. The van der Waals surface area contributed by atoms with Crippen LogP contribution in [0, 0.1) is 0 Å². The molecule has 0 spiro atoms. The van der Waals surface area contributed by atoms with Crippen molar-refractivity contribution in [3.8, 4) is 5.75 Å². The lowest BCUT2D eigenvalue weighted by molar-refractivity contribution is -0.136. The smallest absolute Gasteiger partial charge is 0.309 e. The molecule has 0 saturated heterocycles. The number of carbonyl (C=O) groups is 2. The molecule has 2 rings (SSSR count). The second-order valence-corrected chi connectivity index (χ2v) is 4.64. The summed E-state index contributed by atoms with van der Waals surface area (Å²) in [6, 6.07) is 7.19. The maximum absolute atomic E-state index is 12.0. The third kappa shape index (κ3) is 3.93. The summed E-state index contributed by atoms with van der Waals surface area (Å²) in [5, 5.41) is 20.6. The zero-order valence-electron chi connectivity index (χ0n) is 10.7. The number of benzene rings is 1. The molecule has 2 aromatic rings. The molecule has 1 aromatic heterocycles. The van der Waals surface area contributed by atoms with Crippen molar-refractivity contribution in [3.05, 3.63) is 52.8 Å². The molecule has 1 aromatic carbocycles. The molecular weight excluding hydrogens is 296 g/mol. The van der Waals surface area contributed by atoms with Crippen LogP contribution in [-0.2, 0) is 11.2 Å². The second-order valence-electron chi connectivity index (χ2n) is 4.23. The van der Waals surface area contributed by atoms with Crippen molar-refractivity contribution in [2.24, 2.45) is 0 Å². The lowest BCUT2D eigenvalue weighted by Crippen LogP contribution is -2.12. The van der Waals surface area contributed by atoms with Crippen LogP contribution < -0.4 is 5.32 Å². The van der Waals surface area contributed by atoms with E-state index in [9.17, 15) is 14.7 Å². The van der Waals surface area contributed by atoms with Crippen LogP contribution >= 0.6 is 11.6 Å². The zero-order valence-corrected chi connectivity index (χ0v) is 11.5. The first-order valence-corrected chi connectivity index (χ1v) is 6.30. The molecule has 0 saturated carbocycles. The maximum Gasteiger partial charge on any atom is 0.309 e. The molecule has 21 heavy (non-hydrogen) atoms. The van der Waals surface area contributed by atoms with Crippen molar-refractivity contribution >= 4 is 29.2 Å². The van der Waals surface area contributed by atoms with Crippen LogP contribution in [0.2, 0.25) is 5.02 Å². The van der Waals surface area contributed by atoms with E-state index in [-0.39, 0.29) is 22.8 Å². The van der Waals surface area contributed by atoms with Crippen molar-refractivity contribution in [1.82, 2.24) is 4.98 Å². The largest absolute Gasteiger partial charge is 0.506 e. The summed E-state index contributed by atoms with van der Waals surface area (Å²) >= 11 is 5.73. The Morgan fingerprint density at radius 2 is 2.00 bits per heavy atom. The number of carboxylic acid groups (broad SMARTS) is 1. The van der Waals surface area contributed by atoms with E-state index in [2.05, 4.69) is 10.3 Å². The summed E-state index contributed by atoms with van der Waals surface area (Å²) in [6.07, 6.45) is 1.19. The highest BCUT2D eigenvalue weighted by Gasteiger charge is 2.09. The number of amides is 1. The van der Waals surface area contributed by atoms with Gasteiger partial charge in [-0.05, 0) is 30.3 Å². The minimum absolute atomic E-state index is 0.0811. The van der Waals surface area contributed by atoms with E-state index in [0.717, 1.165) is 0 Å². The molecule has 0 aliphatic rings. The number of nitrogens with one attached hydrogen (secondary N) is 1. The van der Waals surface area contributed by atoms with Gasteiger partial charge in [0.2, 0.25) is 0 Å². The molecule has 7 heteroatoms. The van der Waals surface area contributed by atoms with Crippen LogP contribution in [0.25, 0.3) is 0 Å². The van der Waals surface area contributed by atoms with Gasteiger partial charge in [0.15, 0.2) is 0 Å². The molecule has 6 nitrogen and oxygen atoms in total. The normalized spacial score (nSPS) is 10.1. The highest BCUT2D eigenvalue weighted by molar-refractivity contribution is 6.32. The number of phenolic OH excluding ortho intramolecular Hbond substituents is 1. The van der Waals surface area contributed by atoms with Crippen molar-refractivity contribution in [2.45, 2.75) is 6.42 Å². The van der Waals surface area contributed by atoms with E-state index in [0.29, 0.717) is 11.4 Å². The minimum atomic E-state index is -0.974. The number of aliphatic carboxylic acids is 1. The van der Waals surface area contributed by atoms with Gasteiger partial charge >= 0.3 is 5.97 Å². The molecule has 3 N–H and O–H groups in total. The van der Waals surface area contributed by atoms with Gasteiger partial charge in [-0.25, -0.2) is 0 Å². The summed E-state index contributed by atoms with van der Waals surface area (Å²) in [5.74, 6) is -1.49. The second kappa shape index (κ2) is 6.23. The predicted octanol–water partition coefficient (Wildman–Crippen LogP) is 2.32. The number of hydrogen-bond acceptors (Lipinski definition) is 4. The maximum atomic E-state index is 12.0. The molecule has 1 heterocycles. The molecule has 0 atom stereocenters. The number of anilines is 1. The standard InChI is InChI=1S/C14H11ClN2O4/c15-11-5-8(1-4-12(11)18)14(21)17-10-3-2-9(16-7-10)6-13(19)20/h1-5,7,18H,6H2,(H,17,21)(H,19,20). The van der Waals surface area contributed by atoms with E-state index in [1.165, 1.54) is 30.5 Å². The number of phenols is 1. The van der Waals surface area contributed by atoms with Crippen LogP contribution in [0.1, 0.15) is 16.1 Å². The number of carbonyl (C=O) groups excluding carboxylic acids is 1. The summed E-state index contributed by atoms with van der Waals surface area (Å²) in [4.78, 5) is 26.4. The lowest BCUT2D eigenvalue weighted by Gasteiger charge is -2.06. The molecule has 0 fully saturated rings. The van der Waals surface area contributed by atoms with Gasteiger partial charge in [-0.2, -0.15) is 0 Å². The van der Waals surface area contributed by atoms with Gasteiger partial charge in [-0.1, -0.05) is 11.6 Å². The summed E-state index contributed by atoms with van der Waals surface area (Å²) in [7, 11) is 0. The number of nitrogens with zero attached hydrogens (tertiary/aromatic N) is 1. The zero-order chi connectivity index (χ0) is 15.4. The number of carboxylic acids is 1. The van der Waals surface area contributed by atoms with Crippen LogP contribution in [0.3, 0.4) is 0 Å². The van der Waals surface area contributed by atoms with E-state index in [4.69, 9.17) is 16.7 Å². The van der Waals surface area contributed by atoms with Gasteiger partial charge in [-0.15, -0.1) is 0 Å². The fourth-order valence-electron chi connectivity index (χ4n) is 1.61. The van der Waals surface area contributed by atoms with Crippen molar-refractivity contribution < 1.29 is 19.8 Å². The first-order valence-electron chi connectivity index (χ1n) is 5.92. The topological polar surface area (TPSA) is 99.5 Å². The fourth-order valence-corrected chi connectivity index (χ4v) is 1.79. The van der Waals surface area contributed by atoms with Crippen LogP contribution in [0.4, 0.5) is 5.69 Å². The Morgan fingerprint density at radius 3 is 2.57 bits per heavy atom. The number of pyridine rings is 1. The Morgan fingerprint density at radius 1 is 1.24 bits per heavy atom. The van der Waals surface area contributed by atoms with Crippen LogP contribution in [0.15, 0.2) is 36.5 Å². The summed E-state index contributed by atoms with van der Waals surface area (Å²) < 4.78 is 0. The summed E-state index contributed by atoms with van der Waals surface area (Å²) in [6.45, 7) is 0. The van der Waals surface area contributed by atoms with Gasteiger partial charge in [0, 0.05) is 5.56 Å². The van der Waals surface area contributed by atoms with Crippen LogP contribution in [0.5, 0.6) is 5.75 Å². The lowest BCUT2D eigenvalue weighted by atomic mass is 10.2. The number of hydrogen-bond donors (Lipinski definition) is 3. The monoisotopic (exact) mass is 306 g/mol. The molecule has 0 aliphatic heterocycles. The molecule has 108 valence electrons. The van der Waals surface area contributed by atoms with Crippen molar-refractivity contribution in [2.75, 3.05) is 5.32 Å². The Hall–Kier alpha value is -2.60. The van der Waals surface area contributed by atoms with Gasteiger partial charge in [0.05, 0.1) is 29.0 Å². The quantitative estimate of drug-likeness (QED) is 0.805. The molecule has 0 unspecified atom stereocenters. The van der Waals surface area contributed by atoms with E-state index in [1.54, 1.807) is 6.07 Å². The molecule has 0 radical (unpaired) electrons. The molecular formula is C14H11ClN2O4. The van der Waals surface area contributed by atoms with E-state index < -0.39 is 11.9 Å². The summed E-state index contributed by atoms with van der Waals surface area (Å²) in [5.41, 5.74) is 1.11. The highest BCUT2D eigenvalue weighted by atomic mass is 35.5. The molecule has 0 aliphatic carbocycles. The first-order chi connectivity index (χ1) is 9.95. The van der Waals surface area contributed by atoms with Crippen molar-refractivity contribution in [3.63, 3.8) is 0 Å². The predicted molar refractivity (Wildman–Crippen MR) is 76.6 cm³/mol. The third-order valence-corrected chi connectivity index (χ3v) is 2.93. The third-order valence-electron chi connectivity index (χ3n) is 2.62. The van der Waals surface area contributed by atoms with Crippen LogP contribution in [-0.4, -0.2) is 27.1 Å². The first kappa shape index (κ1) is 14.8. The minimum Gasteiger partial charge on any atom is -0.506 e. The molecule has 1 amide bonds. The number of rotatable bonds is 4. The highest BCUT2D eigenvalue weighted by Crippen LogP contribution is 2.24. The average Bonchev–Trinajstić information content (AvgIpc) is 2.43. The number of aromatic hydroxyl groups is 1. The van der Waals surface area contributed by atoms with Gasteiger partial charge < -0.3 is 15.5 Å². The SMILES string of the molecule is O=C(O)Cc1ccc(NC(=O)c2ccc(O)c(Cl)c2)cn1. The Kier molecular flexibility index (Phi) is 4.39. The Bertz CT molecular complexity index is 686. The van der Waals surface area contributed by atoms with E-state index in [1.807, 2.05) is 0 Å².